The number of nitrogens with one attached hydrogen (secondary N) is 1. The number of fused-ring (bicyclic) bond motifs is 1. The minimum atomic E-state index is -3.65. The van der Waals surface area contributed by atoms with Gasteiger partial charge in [0, 0.05) is 21.5 Å². The third-order valence-corrected chi connectivity index (χ3v) is 4.73. The first-order valence-electron chi connectivity index (χ1n) is 8.11. The summed E-state index contributed by atoms with van der Waals surface area (Å²) < 4.78 is 49.3. The van der Waals surface area contributed by atoms with E-state index in [-0.39, 0.29) is 17.1 Å². The second-order valence-corrected chi connectivity index (χ2v) is 6.58. The van der Waals surface area contributed by atoms with Gasteiger partial charge in [0.1, 0.15) is 5.82 Å². The molecule has 28 heavy (non-hydrogen) atoms. The molecule has 0 saturated carbocycles. The first-order chi connectivity index (χ1) is 13.3. The Hall–Kier alpha value is -3.07. The van der Waals surface area contributed by atoms with Crippen LogP contribution in [0.25, 0.3) is 10.9 Å². The monoisotopic (exact) mass is 408 g/mol. The van der Waals surface area contributed by atoms with Gasteiger partial charge >= 0.3 is 11.7 Å². The lowest BCUT2D eigenvalue weighted by molar-refractivity contribution is 0.0120. The summed E-state index contributed by atoms with van der Waals surface area (Å²) in [7, 11) is 0. The van der Waals surface area contributed by atoms with Crippen molar-refractivity contribution in [2.75, 3.05) is 0 Å². The van der Waals surface area contributed by atoms with E-state index in [9.17, 15) is 18.0 Å². The van der Waals surface area contributed by atoms with Crippen LogP contribution in [0, 0.1) is 12.7 Å². The molecule has 0 aliphatic heterocycles. The molecule has 1 N–H and O–H groups in total. The molecule has 0 radical (unpaired) electrons. The lowest BCUT2D eigenvalue weighted by Crippen LogP contribution is -2.16. The first kappa shape index (κ1) is 18.3. The van der Waals surface area contributed by atoms with Gasteiger partial charge in [-0.3, -0.25) is 4.68 Å². The van der Waals surface area contributed by atoms with E-state index in [1.807, 2.05) is 5.10 Å². The number of aromatic amines is 1. The van der Waals surface area contributed by atoms with E-state index in [2.05, 4.69) is 14.6 Å². The maximum Gasteiger partial charge on any atom is 0.434 e. The number of hydrogen-bond acceptors (Lipinski definition) is 4. The number of rotatable bonds is 4. The van der Waals surface area contributed by atoms with Crippen molar-refractivity contribution in [2.24, 2.45) is 0 Å². The molecular formula is C18H12ClF3N4O2. The molecule has 2 heterocycles. The molecule has 0 atom stereocenters. The Morgan fingerprint density at radius 2 is 2.07 bits per heavy atom. The zero-order chi connectivity index (χ0) is 20.1. The average Bonchev–Trinajstić information content (AvgIpc) is 3.22. The highest BCUT2D eigenvalue weighted by atomic mass is 35.5. The highest BCUT2D eigenvalue weighted by Crippen LogP contribution is 2.36. The molecule has 4 rings (SSSR count). The Labute approximate surface area is 160 Å². The molecule has 0 unspecified atom stereocenters. The van der Waals surface area contributed by atoms with Crippen molar-refractivity contribution in [2.45, 2.75) is 19.4 Å². The minimum absolute atomic E-state index is 0.0393. The fourth-order valence-electron chi connectivity index (χ4n) is 2.98. The molecule has 0 spiro atoms. The van der Waals surface area contributed by atoms with Crippen LogP contribution in [0.1, 0.15) is 22.7 Å². The van der Waals surface area contributed by atoms with Gasteiger partial charge < -0.3 is 4.42 Å². The van der Waals surface area contributed by atoms with Crippen molar-refractivity contribution >= 4 is 22.5 Å². The van der Waals surface area contributed by atoms with Crippen LogP contribution < -0.4 is 5.76 Å². The van der Waals surface area contributed by atoms with Gasteiger partial charge in [-0.05, 0) is 25.1 Å². The van der Waals surface area contributed by atoms with E-state index >= 15 is 0 Å². The number of alkyl halides is 2. The molecule has 6 nitrogen and oxygen atoms in total. The molecule has 2 aromatic carbocycles. The fourth-order valence-corrected chi connectivity index (χ4v) is 3.20. The first-order valence-corrected chi connectivity index (χ1v) is 8.49. The van der Waals surface area contributed by atoms with Crippen LogP contribution in [-0.4, -0.2) is 20.0 Å². The summed E-state index contributed by atoms with van der Waals surface area (Å²) in [6.07, 6.45) is 0. The maximum atomic E-state index is 14.7. The van der Waals surface area contributed by atoms with Gasteiger partial charge in [-0.15, -0.1) is 5.10 Å². The number of hydrogen-bond donors (Lipinski definition) is 1. The summed E-state index contributed by atoms with van der Waals surface area (Å²) in [5, 5.41) is 10.2. The van der Waals surface area contributed by atoms with E-state index in [0.717, 1.165) is 0 Å². The highest BCUT2D eigenvalue weighted by molar-refractivity contribution is 6.31. The molecule has 4 aromatic rings. The summed E-state index contributed by atoms with van der Waals surface area (Å²) in [5.74, 6) is -6.29. The standard InChI is InChI=1S/C18H12ClF3N4O2/c1-9-11-6-5-10(18(21,22)16-23-24-17(27)28-16)7-15(11)26(25-9)8-12-13(19)3-2-4-14(12)20/h2-7H,8H2,1H3,(H,24,27). The van der Waals surface area contributed by atoms with E-state index in [0.29, 0.717) is 16.6 Å². The van der Waals surface area contributed by atoms with Gasteiger partial charge in [-0.2, -0.15) is 13.9 Å². The van der Waals surface area contributed by atoms with Crippen molar-refractivity contribution in [3.63, 3.8) is 0 Å². The molecule has 0 amide bonds. The molecule has 10 heteroatoms. The zero-order valence-electron chi connectivity index (χ0n) is 14.3. The van der Waals surface area contributed by atoms with Crippen molar-refractivity contribution < 1.29 is 17.6 Å². The highest BCUT2D eigenvalue weighted by Gasteiger charge is 2.40. The van der Waals surface area contributed by atoms with Crippen LogP contribution in [-0.2, 0) is 12.5 Å². The largest absolute Gasteiger partial charge is 0.434 e. The van der Waals surface area contributed by atoms with Crippen molar-refractivity contribution in [1.82, 2.24) is 20.0 Å². The Morgan fingerprint density at radius 3 is 2.75 bits per heavy atom. The molecule has 0 aliphatic rings. The fraction of sp³-hybridized carbons (Fsp3) is 0.167. The van der Waals surface area contributed by atoms with Crippen LogP contribution in [0.4, 0.5) is 13.2 Å². The summed E-state index contributed by atoms with van der Waals surface area (Å²) in [6, 6.07) is 8.16. The average molecular weight is 409 g/mol. The quantitative estimate of drug-likeness (QED) is 0.553. The molecule has 2 aromatic heterocycles. The second kappa shape index (κ2) is 6.52. The van der Waals surface area contributed by atoms with Crippen LogP contribution in [0.2, 0.25) is 5.02 Å². The van der Waals surface area contributed by atoms with Gasteiger partial charge in [0.05, 0.1) is 17.8 Å². The van der Waals surface area contributed by atoms with Gasteiger partial charge in [-0.1, -0.05) is 29.8 Å². The third-order valence-electron chi connectivity index (χ3n) is 4.38. The molecule has 0 aliphatic carbocycles. The molecule has 0 saturated heterocycles. The zero-order valence-corrected chi connectivity index (χ0v) is 15.1. The Balaban J connectivity index is 1.83. The summed E-state index contributed by atoms with van der Waals surface area (Å²) in [5.41, 5.74) is 0.690. The Morgan fingerprint density at radius 1 is 1.29 bits per heavy atom. The normalized spacial score (nSPS) is 12.0. The molecule has 0 fully saturated rings. The summed E-state index contributed by atoms with van der Waals surface area (Å²) >= 11 is 6.07. The van der Waals surface area contributed by atoms with Crippen LogP contribution in [0.3, 0.4) is 0 Å². The van der Waals surface area contributed by atoms with Gasteiger partial charge in [0.15, 0.2) is 0 Å². The number of halogens is 4. The van der Waals surface area contributed by atoms with E-state index in [1.165, 1.54) is 41.1 Å². The maximum absolute atomic E-state index is 14.7. The summed E-state index contributed by atoms with van der Waals surface area (Å²) in [4.78, 5) is 11.0. The minimum Gasteiger partial charge on any atom is -0.385 e. The number of aromatic nitrogens is 4. The van der Waals surface area contributed by atoms with Crippen molar-refractivity contribution in [3.05, 3.63) is 80.5 Å². The second-order valence-electron chi connectivity index (χ2n) is 6.17. The molecule has 144 valence electrons. The SMILES string of the molecule is Cc1nn(Cc2c(F)cccc2Cl)c2cc(C(F)(F)c3n[nH]c(=O)o3)ccc12. The van der Waals surface area contributed by atoms with Gasteiger partial charge in [-0.25, -0.2) is 14.3 Å². The Kier molecular flexibility index (Phi) is 4.26. The molecular weight excluding hydrogens is 397 g/mol. The number of nitrogens with zero attached hydrogens (tertiary/aromatic N) is 3. The van der Waals surface area contributed by atoms with E-state index < -0.39 is 28.9 Å². The smallest absolute Gasteiger partial charge is 0.385 e. The van der Waals surface area contributed by atoms with Crippen LogP contribution >= 0.6 is 11.6 Å². The molecule has 0 bridgehead atoms. The number of benzene rings is 2. The lowest BCUT2D eigenvalue weighted by Gasteiger charge is -2.13. The number of aryl methyl sites for hydroxylation is 1. The lowest BCUT2D eigenvalue weighted by atomic mass is 10.1. The van der Waals surface area contributed by atoms with Crippen LogP contribution in [0.5, 0.6) is 0 Å². The topological polar surface area (TPSA) is 76.7 Å². The third kappa shape index (κ3) is 2.97. The predicted octanol–water partition coefficient (Wildman–Crippen LogP) is 4.00. The van der Waals surface area contributed by atoms with Crippen LogP contribution in [0.15, 0.2) is 45.6 Å². The predicted molar refractivity (Wildman–Crippen MR) is 95.1 cm³/mol. The van der Waals surface area contributed by atoms with Crippen molar-refractivity contribution in [1.29, 1.82) is 0 Å². The Bertz CT molecular complexity index is 1230. The van der Waals surface area contributed by atoms with Crippen molar-refractivity contribution in [3.8, 4) is 0 Å². The van der Waals surface area contributed by atoms with Gasteiger partial charge in [0.2, 0.25) is 0 Å². The van der Waals surface area contributed by atoms with Gasteiger partial charge in [0.25, 0.3) is 5.89 Å². The van der Waals surface area contributed by atoms with E-state index in [4.69, 9.17) is 11.6 Å². The van der Waals surface area contributed by atoms with E-state index in [1.54, 1.807) is 6.92 Å². The number of H-pyrrole nitrogens is 1. The summed E-state index contributed by atoms with van der Waals surface area (Å²) in [6.45, 7) is 1.68.